The van der Waals surface area contributed by atoms with E-state index < -0.39 is 0 Å². The summed E-state index contributed by atoms with van der Waals surface area (Å²) < 4.78 is 0. The average Bonchev–Trinajstić information content (AvgIpc) is 2.95. The van der Waals surface area contributed by atoms with Gasteiger partial charge in [-0.25, -0.2) is 0 Å². The number of carbonyl (C=O) groups is 1. The van der Waals surface area contributed by atoms with E-state index in [1.54, 1.807) is 0 Å². The summed E-state index contributed by atoms with van der Waals surface area (Å²) in [5.41, 5.74) is 0. The lowest BCUT2D eigenvalue weighted by molar-refractivity contribution is -0.121. The highest BCUT2D eigenvalue weighted by atomic mass is 32.2. The summed E-state index contributed by atoms with van der Waals surface area (Å²) in [5, 5.41) is 6.29. The van der Waals surface area contributed by atoms with Crippen molar-refractivity contribution in [3.05, 3.63) is 0 Å². The van der Waals surface area contributed by atoms with Crippen LogP contribution in [-0.4, -0.2) is 37.0 Å². The number of amides is 1. The first kappa shape index (κ1) is 11.9. The number of carbonyl (C=O) groups excluding carboxylic acids is 1. The second-order valence-electron chi connectivity index (χ2n) is 3.69. The maximum Gasteiger partial charge on any atom is 0.220 e. The van der Waals surface area contributed by atoms with Gasteiger partial charge in [0.25, 0.3) is 0 Å². The van der Waals surface area contributed by atoms with Crippen molar-refractivity contribution in [3.8, 4) is 0 Å². The summed E-state index contributed by atoms with van der Waals surface area (Å²) in [7, 11) is 0. The van der Waals surface area contributed by atoms with Crippen LogP contribution in [0.25, 0.3) is 0 Å². The van der Waals surface area contributed by atoms with Crippen LogP contribution in [0.4, 0.5) is 0 Å². The van der Waals surface area contributed by atoms with Crippen LogP contribution < -0.4 is 10.6 Å². The predicted octanol–water partition coefficient (Wildman–Crippen LogP) is 0.998. The van der Waals surface area contributed by atoms with Crippen molar-refractivity contribution in [2.75, 3.05) is 25.1 Å². The molecule has 1 fully saturated rings. The summed E-state index contributed by atoms with van der Waals surface area (Å²) >= 11 is 1.84. The molecular weight excluding hydrogens is 196 g/mol. The van der Waals surface area contributed by atoms with Crippen LogP contribution in [0.2, 0.25) is 0 Å². The summed E-state index contributed by atoms with van der Waals surface area (Å²) in [6.07, 6.45) is 6.08. The first-order valence-electron chi connectivity index (χ1n) is 5.32. The van der Waals surface area contributed by atoms with Crippen molar-refractivity contribution in [1.82, 2.24) is 10.6 Å². The van der Waals surface area contributed by atoms with E-state index in [9.17, 15) is 4.79 Å². The van der Waals surface area contributed by atoms with Crippen molar-refractivity contribution in [1.29, 1.82) is 0 Å². The highest BCUT2D eigenvalue weighted by molar-refractivity contribution is 7.98. The van der Waals surface area contributed by atoms with Crippen LogP contribution in [0.5, 0.6) is 0 Å². The van der Waals surface area contributed by atoms with E-state index >= 15 is 0 Å². The number of thioether (sulfide) groups is 1. The number of hydrogen-bond acceptors (Lipinski definition) is 3. The average molecular weight is 216 g/mol. The first-order chi connectivity index (χ1) is 6.83. The molecule has 82 valence electrons. The molecule has 0 unspecified atom stereocenters. The van der Waals surface area contributed by atoms with Crippen molar-refractivity contribution < 1.29 is 4.79 Å². The van der Waals surface area contributed by atoms with Gasteiger partial charge in [-0.15, -0.1) is 0 Å². The zero-order valence-electron chi connectivity index (χ0n) is 8.84. The van der Waals surface area contributed by atoms with Crippen LogP contribution in [-0.2, 0) is 4.79 Å². The molecule has 1 saturated carbocycles. The largest absolute Gasteiger partial charge is 0.353 e. The molecule has 0 atom stereocenters. The third-order valence-electron chi connectivity index (χ3n) is 2.18. The molecule has 1 aliphatic carbocycles. The minimum atomic E-state index is 0.221. The van der Waals surface area contributed by atoms with Gasteiger partial charge in [0.15, 0.2) is 0 Å². The van der Waals surface area contributed by atoms with Crippen molar-refractivity contribution in [2.24, 2.45) is 0 Å². The molecule has 0 saturated heterocycles. The lowest BCUT2D eigenvalue weighted by Crippen LogP contribution is -2.26. The lowest BCUT2D eigenvalue weighted by Gasteiger charge is -2.04. The van der Waals surface area contributed by atoms with Gasteiger partial charge in [-0.05, 0) is 32.1 Å². The van der Waals surface area contributed by atoms with Gasteiger partial charge in [0, 0.05) is 24.8 Å². The van der Waals surface area contributed by atoms with Gasteiger partial charge in [0.2, 0.25) is 5.91 Å². The summed E-state index contributed by atoms with van der Waals surface area (Å²) in [6.45, 7) is 2.00. The quantitative estimate of drug-likeness (QED) is 0.595. The van der Waals surface area contributed by atoms with Crippen molar-refractivity contribution in [2.45, 2.75) is 31.7 Å². The van der Waals surface area contributed by atoms with Crippen LogP contribution in [0.3, 0.4) is 0 Å². The van der Waals surface area contributed by atoms with E-state index in [0.717, 1.165) is 25.3 Å². The molecule has 2 N–H and O–H groups in total. The Hall–Kier alpha value is -0.220. The van der Waals surface area contributed by atoms with Crippen LogP contribution in [0.1, 0.15) is 25.7 Å². The molecule has 14 heavy (non-hydrogen) atoms. The van der Waals surface area contributed by atoms with Gasteiger partial charge in [0.1, 0.15) is 0 Å². The normalized spacial score (nSPS) is 15.5. The molecule has 1 rings (SSSR count). The summed E-state index contributed by atoms with van der Waals surface area (Å²) in [5.74, 6) is 1.37. The third kappa shape index (κ3) is 6.27. The minimum Gasteiger partial charge on any atom is -0.353 e. The molecule has 0 bridgehead atoms. The topological polar surface area (TPSA) is 41.1 Å². The van der Waals surface area contributed by atoms with Crippen molar-refractivity contribution in [3.63, 3.8) is 0 Å². The Morgan fingerprint density at radius 2 is 2.21 bits per heavy atom. The molecule has 3 nitrogen and oxygen atoms in total. The maximum atomic E-state index is 11.2. The Balaban J connectivity index is 1.80. The van der Waals surface area contributed by atoms with E-state index in [1.807, 2.05) is 11.8 Å². The maximum absolute atomic E-state index is 11.2. The monoisotopic (exact) mass is 216 g/mol. The van der Waals surface area contributed by atoms with Gasteiger partial charge in [-0.1, -0.05) is 0 Å². The molecule has 1 amide bonds. The molecular formula is C10H20N2OS. The smallest absolute Gasteiger partial charge is 0.220 e. The molecule has 0 aromatic heterocycles. The molecule has 0 spiro atoms. The van der Waals surface area contributed by atoms with E-state index in [-0.39, 0.29) is 5.91 Å². The zero-order chi connectivity index (χ0) is 10.2. The van der Waals surface area contributed by atoms with Crippen LogP contribution in [0.15, 0.2) is 0 Å². The molecule has 0 aliphatic heterocycles. The Morgan fingerprint density at radius 1 is 1.43 bits per heavy atom. The Morgan fingerprint density at radius 3 is 2.86 bits per heavy atom. The van der Waals surface area contributed by atoms with Gasteiger partial charge in [0.05, 0.1) is 0 Å². The highest BCUT2D eigenvalue weighted by Crippen LogP contribution is 2.18. The fourth-order valence-electron chi connectivity index (χ4n) is 1.20. The molecule has 1 aliphatic rings. The van der Waals surface area contributed by atoms with E-state index in [1.165, 1.54) is 12.8 Å². The fourth-order valence-corrected chi connectivity index (χ4v) is 1.55. The molecule has 0 radical (unpaired) electrons. The van der Waals surface area contributed by atoms with Gasteiger partial charge in [-0.3, -0.25) is 4.79 Å². The second-order valence-corrected chi connectivity index (χ2v) is 4.67. The first-order valence-corrected chi connectivity index (χ1v) is 6.71. The highest BCUT2D eigenvalue weighted by Gasteiger charge is 2.22. The standard InChI is InChI=1S/C10H20N2OS/c1-14-8-7-11-6-2-3-10(13)12-9-4-5-9/h9,11H,2-8H2,1H3,(H,12,13). The Kier molecular flexibility index (Phi) is 6.03. The SMILES string of the molecule is CSCCNCCCC(=O)NC1CC1. The third-order valence-corrected chi connectivity index (χ3v) is 2.80. The Bertz CT molecular complexity index is 172. The predicted molar refractivity (Wildman–Crippen MR) is 61.7 cm³/mol. The molecule has 0 aromatic carbocycles. The molecule has 0 heterocycles. The van der Waals surface area contributed by atoms with Crippen LogP contribution >= 0.6 is 11.8 Å². The number of hydrogen-bond donors (Lipinski definition) is 2. The van der Waals surface area contributed by atoms with Gasteiger partial charge >= 0.3 is 0 Å². The zero-order valence-corrected chi connectivity index (χ0v) is 9.66. The number of rotatable bonds is 8. The minimum absolute atomic E-state index is 0.221. The van der Waals surface area contributed by atoms with Crippen LogP contribution in [0, 0.1) is 0 Å². The van der Waals surface area contributed by atoms with Crippen molar-refractivity contribution >= 4 is 17.7 Å². The second kappa shape index (κ2) is 7.12. The lowest BCUT2D eigenvalue weighted by atomic mass is 10.3. The molecule has 4 heteroatoms. The van der Waals surface area contributed by atoms with E-state index in [0.29, 0.717) is 12.5 Å². The number of nitrogens with one attached hydrogen (secondary N) is 2. The molecule has 0 aromatic rings. The van der Waals surface area contributed by atoms with E-state index in [4.69, 9.17) is 0 Å². The van der Waals surface area contributed by atoms with Gasteiger partial charge < -0.3 is 10.6 Å². The summed E-state index contributed by atoms with van der Waals surface area (Å²) in [4.78, 5) is 11.2. The Labute approximate surface area is 90.4 Å². The fraction of sp³-hybridized carbons (Fsp3) is 0.900. The summed E-state index contributed by atoms with van der Waals surface area (Å²) in [6, 6.07) is 0.506. The van der Waals surface area contributed by atoms with E-state index in [2.05, 4.69) is 16.9 Å². The van der Waals surface area contributed by atoms with Gasteiger partial charge in [-0.2, -0.15) is 11.8 Å².